The summed E-state index contributed by atoms with van der Waals surface area (Å²) in [5.41, 5.74) is 0.217. The molecular formula is C18H12F3N3O4. The van der Waals surface area contributed by atoms with Gasteiger partial charge in [0.1, 0.15) is 0 Å². The minimum absolute atomic E-state index is 0.00731. The van der Waals surface area contributed by atoms with Crippen LogP contribution in [0.5, 0.6) is 11.5 Å². The van der Waals surface area contributed by atoms with Crippen molar-refractivity contribution in [2.24, 2.45) is 0 Å². The first-order chi connectivity index (χ1) is 13.4. The number of ether oxygens (including phenoxy) is 2. The van der Waals surface area contributed by atoms with E-state index in [2.05, 4.69) is 15.5 Å². The Hall–Kier alpha value is -3.56. The lowest BCUT2D eigenvalue weighted by atomic mass is 10.1. The van der Waals surface area contributed by atoms with Crippen LogP contribution in [0.1, 0.15) is 11.1 Å². The van der Waals surface area contributed by atoms with Crippen LogP contribution in [0.4, 0.5) is 19.2 Å². The number of benzene rings is 2. The topological polar surface area (TPSA) is 86.5 Å². The fourth-order valence-corrected chi connectivity index (χ4v) is 2.59. The van der Waals surface area contributed by atoms with E-state index in [1.54, 1.807) is 18.2 Å². The van der Waals surface area contributed by atoms with Crippen LogP contribution in [0.25, 0.3) is 11.5 Å². The average Bonchev–Trinajstić information content (AvgIpc) is 3.30. The summed E-state index contributed by atoms with van der Waals surface area (Å²) in [6.45, 7) is 0.139. The summed E-state index contributed by atoms with van der Waals surface area (Å²) in [6.07, 6.45) is -4.39. The fourth-order valence-electron chi connectivity index (χ4n) is 2.59. The number of amides is 1. The monoisotopic (exact) mass is 391 g/mol. The molecule has 4 rings (SSSR count). The Morgan fingerprint density at radius 3 is 2.54 bits per heavy atom. The largest absolute Gasteiger partial charge is 0.454 e. The van der Waals surface area contributed by atoms with Crippen molar-refractivity contribution >= 4 is 11.9 Å². The molecular weight excluding hydrogens is 379 g/mol. The second kappa shape index (κ2) is 6.87. The van der Waals surface area contributed by atoms with Crippen molar-refractivity contribution in [1.29, 1.82) is 0 Å². The molecule has 0 spiro atoms. The van der Waals surface area contributed by atoms with Crippen molar-refractivity contribution in [2.45, 2.75) is 12.6 Å². The normalized spacial score (nSPS) is 12.8. The van der Waals surface area contributed by atoms with Crippen LogP contribution in [-0.2, 0) is 17.4 Å². The zero-order valence-electron chi connectivity index (χ0n) is 14.1. The summed E-state index contributed by atoms with van der Waals surface area (Å²) in [5.74, 6) is 0.767. The van der Waals surface area contributed by atoms with Crippen LogP contribution in [0.15, 0.2) is 46.9 Å². The van der Waals surface area contributed by atoms with E-state index < -0.39 is 17.6 Å². The van der Waals surface area contributed by atoms with Gasteiger partial charge in [0.2, 0.25) is 18.6 Å². The van der Waals surface area contributed by atoms with E-state index in [9.17, 15) is 18.0 Å². The van der Waals surface area contributed by atoms with Gasteiger partial charge < -0.3 is 13.9 Å². The molecule has 144 valence electrons. The Labute approximate surface area is 156 Å². The number of nitrogens with zero attached hydrogens (tertiary/aromatic N) is 2. The first-order valence-electron chi connectivity index (χ1n) is 8.08. The maximum absolute atomic E-state index is 12.6. The number of carbonyl (C=O) groups is 1. The summed E-state index contributed by atoms with van der Waals surface area (Å²) in [6, 6.07) is 9.25. The maximum Gasteiger partial charge on any atom is 0.416 e. The van der Waals surface area contributed by atoms with Crippen molar-refractivity contribution in [3.8, 4) is 23.0 Å². The highest BCUT2D eigenvalue weighted by molar-refractivity contribution is 5.90. The van der Waals surface area contributed by atoms with Crippen molar-refractivity contribution in [2.75, 3.05) is 12.1 Å². The van der Waals surface area contributed by atoms with Gasteiger partial charge in [0.05, 0.1) is 12.0 Å². The van der Waals surface area contributed by atoms with Crippen molar-refractivity contribution in [3.05, 3.63) is 53.6 Å². The second-order valence-electron chi connectivity index (χ2n) is 5.90. The highest BCUT2D eigenvalue weighted by atomic mass is 19.4. The molecule has 0 atom stereocenters. The molecule has 0 bridgehead atoms. The van der Waals surface area contributed by atoms with Gasteiger partial charge in [0.15, 0.2) is 11.5 Å². The zero-order valence-corrected chi connectivity index (χ0v) is 14.1. The predicted molar refractivity (Wildman–Crippen MR) is 89.6 cm³/mol. The highest BCUT2D eigenvalue weighted by Gasteiger charge is 2.30. The molecule has 28 heavy (non-hydrogen) atoms. The van der Waals surface area contributed by atoms with Crippen LogP contribution in [0.3, 0.4) is 0 Å². The Bertz CT molecular complexity index is 1020. The number of anilines is 1. The first-order valence-corrected chi connectivity index (χ1v) is 8.08. The molecule has 3 aromatic rings. The lowest BCUT2D eigenvalue weighted by molar-refractivity contribution is -0.137. The molecule has 1 aromatic heterocycles. The number of nitrogens with one attached hydrogen (secondary N) is 1. The third-order valence-electron chi connectivity index (χ3n) is 3.93. The Balaban J connectivity index is 1.41. The summed E-state index contributed by atoms with van der Waals surface area (Å²) >= 11 is 0. The molecule has 0 unspecified atom stereocenters. The van der Waals surface area contributed by atoms with Crippen LogP contribution in [0.2, 0.25) is 0 Å². The Morgan fingerprint density at radius 1 is 1.04 bits per heavy atom. The van der Waals surface area contributed by atoms with E-state index in [4.69, 9.17) is 13.9 Å². The highest BCUT2D eigenvalue weighted by Crippen LogP contribution is 2.33. The fraction of sp³-hybridized carbons (Fsp3) is 0.167. The lowest BCUT2D eigenvalue weighted by Crippen LogP contribution is -2.14. The first kappa shape index (κ1) is 17.8. The van der Waals surface area contributed by atoms with Gasteiger partial charge in [-0.3, -0.25) is 10.1 Å². The molecule has 7 nitrogen and oxygen atoms in total. The van der Waals surface area contributed by atoms with Gasteiger partial charge in [-0.15, -0.1) is 5.10 Å². The van der Waals surface area contributed by atoms with Crippen molar-refractivity contribution in [1.82, 2.24) is 10.2 Å². The van der Waals surface area contributed by atoms with Crippen LogP contribution < -0.4 is 14.8 Å². The molecule has 1 N–H and O–H groups in total. The number of hydrogen-bond donors (Lipinski definition) is 1. The van der Waals surface area contributed by atoms with Gasteiger partial charge in [-0.2, -0.15) is 13.2 Å². The second-order valence-corrected chi connectivity index (χ2v) is 5.90. The summed E-state index contributed by atoms with van der Waals surface area (Å²) in [7, 11) is 0. The lowest BCUT2D eigenvalue weighted by Gasteiger charge is -2.05. The van der Waals surface area contributed by atoms with E-state index in [0.29, 0.717) is 22.6 Å². The number of halogens is 3. The minimum atomic E-state index is -4.43. The number of rotatable bonds is 4. The molecule has 0 saturated carbocycles. The standard InChI is InChI=1S/C18H12F3N3O4/c19-18(20,21)12-4-2-11(3-5-12)16-23-24-17(28-16)22-15(25)8-10-1-6-13-14(7-10)27-9-26-13/h1-7H,8-9H2,(H,22,24,25). The Kier molecular flexibility index (Phi) is 4.38. The Morgan fingerprint density at radius 2 is 1.79 bits per heavy atom. The van der Waals surface area contributed by atoms with Crippen LogP contribution >= 0.6 is 0 Å². The maximum atomic E-state index is 12.6. The quantitative estimate of drug-likeness (QED) is 0.730. The van der Waals surface area contributed by atoms with E-state index >= 15 is 0 Å². The van der Waals surface area contributed by atoms with E-state index in [1.165, 1.54) is 12.1 Å². The molecule has 0 saturated heterocycles. The van der Waals surface area contributed by atoms with Crippen molar-refractivity contribution < 1.29 is 31.9 Å². The molecule has 1 amide bonds. The number of alkyl halides is 3. The third kappa shape index (κ3) is 3.75. The number of fused-ring (bicyclic) bond motifs is 1. The SMILES string of the molecule is O=C(Cc1ccc2c(c1)OCO2)Nc1nnc(-c2ccc(C(F)(F)F)cc2)o1. The summed E-state index contributed by atoms with van der Waals surface area (Å²) < 4.78 is 53.6. The molecule has 1 aliphatic heterocycles. The molecule has 1 aliphatic rings. The van der Waals surface area contributed by atoms with E-state index in [0.717, 1.165) is 12.1 Å². The third-order valence-corrected chi connectivity index (χ3v) is 3.93. The van der Waals surface area contributed by atoms with Crippen molar-refractivity contribution in [3.63, 3.8) is 0 Å². The summed E-state index contributed by atoms with van der Waals surface area (Å²) in [5, 5.41) is 9.88. The molecule has 0 fully saturated rings. The number of aromatic nitrogens is 2. The van der Waals surface area contributed by atoms with Crippen LogP contribution in [-0.4, -0.2) is 22.9 Å². The van der Waals surface area contributed by atoms with Crippen LogP contribution in [0, 0.1) is 0 Å². The van der Waals surface area contributed by atoms with Gasteiger partial charge in [-0.05, 0) is 42.0 Å². The molecule has 10 heteroatoms. The number of hydrogen-bond acceptors (Lipinski definition) is 6. The van der Waals surface area contributed by atoms with E-state index in [1.807, 2.05) is 0 Å². The minimum Gasteiger partial charge on any atom is -0.454 e. The smallest absolute Gasteiger partial charge is 0.416 e. The van der Waals surface area contributed by atoms with Gasteiger partial charge in [0, 0.05) is 5.56 Å². The average molecular weight is 391 g/mol. The molecule has 2 heterocycles. The van der Waals surface area contributed by atoms with Gasteiger partial charge >= 0.3 is 12.2 Å². The van der Waals surface area contributed by atoms with E-state index in [-0.39, 0.29) is 25.1 Å². The molecule has 2 aromatic carbocycles. The van der Waals surface area contributed by atoms with Gasteiger partial charge in [-0.1, -0.05) is 11.2 Å². The summed E-state index contributed by atoms with van der Waals surface area (Å²) in [4.78, 5) is 12.1. The van der Waals surface area contributed by atoms with Gasteiger partial charge in [-0.25, -0.2) is 0 Å². The zero-order chi connectivity index (χ0) is 19.7. The van der Waals surface area contributed by atoms with Gasteiger partial charge in [0.25, 0.3) is 0 Å². The molecule has 0 radical (unpaired) electrons. The molecule has 0 aliphatic carbocycles. The predicted octanol–water partition coefficient (Wildman–Crippen LogP) is 3.67. The number of carbonyl (C=O) groups excluding carboxylic acids is 1.